The molecule has 0 radical (unpaired) electrons. The van der Waals surface area contributed by atoms with E-state index in [2.05, 4.69) is 6.92 Å². The predicted molar refractivity (Wildman–Crippen MR) is 52.4 cm³/mol. The van der Waals surface area contributed by atoms with Crippen molar-refractivity contribution in [3.05, 3.63) is 0 Å². The molecule has 0 rings (SSSR count). The zero-order valence-corrected chi connectivity index (χ0v) is 9.14. The summed E-state index contributed by atoms with van der Waals surface area (Å²) >= 11 is 0. The topological polar surface area (TPSA) is 69.4 Å². The van der Waals surface area contributed by atoms with E-state index in [1.807, 2.05) is 6.92 Å². The summed E-state index contributed by atoms with van der Waals surface area (Å²) < 4.78 is 26.0. The summed E-state index contributed by atoms with van der Waals surface area (Å²) in [7, 11) is -3.78. The lowest BCUT2D eigenvalue weighted by molar-refractivity contribution is 0.184. The normalized spacial score (nSPS) is 14.4. The van der Waals surface area contributed by atoms with E-state index in [1.54, 1.807) is 0 Å². The van der Waals surface area contributed by atoms with E-state index in [0.717, 1.165) is 32.1 Å². The summed E-state index contributed by atoms with van der Waals surface area (Å²) in [6.07, 6.45) is 4.19. The van der Waals surface area contributed by atoms with Gasteiger partial charge in [0.15, 0.2) is 0 Å². The van der Waals surface area contributed by atoms with Gasteiger partial charge in [-0.05, 0) is 12.8 Å². The highest BCUT2D eigenvalue weighted by Crippen LogP contribution is 2.12. The standard InChI is InChI=1S/C8H19NO3S/c1-3-5-7-8(6-4-2)12-13(9,10)11/h8H,3-7H2,1-2H3,(H2,9,10,11). The van der Waals surface area contributed by atoms with Crippen LogP contribution in [0.15, 0.2) is 0 Å². The van der Waals surface area contributed by atoms with E-state index in [-0.39, 0.29) is 6.10 Å². The van der Waals surface area contributed by atoms with E-state index >= 15 is 0 Å². The lowest BCUT2D eigenvalue weighted by atomic mass is 10.1. The smallest absolute Gasteiger partial charge is 0.255 e. The molecule has 0 aliphatic heterocycles. The molecular formula is C8H19NO3S. The van der Waals surface area contributed by atoms with Crippen molar-refractivity contribution in [2.24, 2.45) is 5.14 Å². The van der Waals surface area contributed by atoms with Crippen molar-refractivity contribution in [3.8, 4) is 0 Å². The van der Waals surface area contributed by atoms with Gasteiger partial charge in [-0.3, -0.25) is 4.18 Å². The molecule has 0 spiro atoms. The van der Waals surface area contributed by atoms with Crippen LogP contribution in [0.4, 0.5) is 0 Å². The van der Waals surface area contributed by atoms with Crippen molar-refractivity contribution >= 4 is 10.3 Å². The Hall–Kier alpha value is -0.130. The fourth-order valence-corrected chi connectivity index (χ4v) is 1.76. The molecule has 1 atom stereocenters. The van der Waals surface area contributed by atoms with E-state index in [0.29, 0.717) is 0 Å². The SMILES string of the molecule is CCCCC(CCC)OS(N)(=O)=O. The fraction of sp³-hybridized carbons (Fsp3) is 1.00. The molecule has 80 valence electrons. The third-order valence-corrected chi connectivity index (χ3v) is 2.30. The Labute approximate surface area is 80.7 Å². The van der Waals surface area contributed by atoms with Crippen molar-refractivity contribution < 1.29 is 12.6 Å². The molecule has 0 bridgehead atoms. The molecule has 0 aromatic carbocycles. The number of unbranched alkanes of at least 4 members (excludes halogenated alkanes) is 1. The van der Waals surface area contributed by atoms with Gasteiger partial charge in [0.05, 0.1) is 6.10 Å². The summed E-state index contributed by atoms with van der Waals surface area (Å²) in [4.78, 5) is 0. The molecule has 13 heavy (non-hydrogen) atoms. The molecule has 0 amide bonds. The number of nitrogens with two attached hydrogens (primary N) is 1. The van der Waals surface area contributed by atoms with E-state index in [9.17, 15) is 8.42 Å². The van der Waals surface area contributed by atoms with Crippen LogP contribution in [0.25, 0.3) is 0 Å². The minimum Gasteiger partial charge on any atom is -0.255 e. The Morgan fingerprint density at radius 3 is 2.23 bits per heavy atom. The lowest BCUT2D eigenvalue weighted by Gasteiger charge is -2.14. The monoisotopic (exact) mass is 209 g/mol. The van der Waals surface area contributed by atoms with Gasteiger partial charge in [-0.2, -0.15) is 8.42 Å². The minimum atomic E-state index is -3.78. The average molecular weight is 209 g/mol. The van der Waals surface area contributed by atoms with Crippen molar-refractivity contribution in [2.75, 3.05) is 0 Å². The summed E-state index contributed by atoms with van der Waals surface area (Å²) in [6.45, 7) is 4.05. The molecule has 0 aliphatic rings. The van der Waals surface area contributed by atoms with Gasteiger partial charge >= 0.3 is 10.3 Å². The first-order valence-electron chi connectivity index (χ1n) is 4.70. The third kappa shape index (κ3) is 8.21. The molecule has 0 aliphatic carbocycles. The quantitative estimate of drug-likeness (QED) is 0.692. The Bertz CT molecular complexity index is 213. The van der Waals surface area contributed by atoms with Gasteiger partial charge in [0.1, 0.15) is 0 Å². The fourth-order valence-electron chi connectivity index (χ4n) is 1.18. The number of hydrogen-bond donors (Lipinski definition) is 1. The average Bonchev–Trinajstić information content (AvgIpc) is 1.98. The molecule has 0 aromatic heterocycles. The second kappa shape index (κ2) is 6.34. The Balaban J connectivity index is 3.94. The van der Waals surface area contributed by atoms with Gasteiger partial charge in [-0.15, -0.1) is 0 Å². The van der Waals surface area contributed by atoms with Gasteiger partial charge in [0.2, 0.25) is 0 Å². The highest BCUT2D eigenvalue weighted by atomic mass is 32.2. The molecule has 0 saturated carbocycles. The summed E-state index contributed by atoms with van der Waals surface area (Å²) in [5, 5.41) is 4.79. The predicted octanol–water partition coefficient (Wildman–Crippen LogP) is 1.57. The maximum Gasteiger partial charge on any atom is 0.333 e. The second-order valence-electron chi connectivity index (χ2n) is 3.14. The zero-order valence-electron chi connectivity index (χ0n) is 8.32. The summed E-state index contributed by atoms with van der Waals surface area (Å²) in [5.41, 5.74) is 0. The van der Waals surface area contributed by atoms with Crippen LogP contribution < -0.4 is 5.14 Å². The highest BCUT2D eigenvalue weighted by Gasteiger charge is 2.14. The first kappa shape index (κ1) is 12.9. The molecular weight excluding hydrogens is 190 g/mol. The van der Waals surface area contributed by atoms with Crippen LogP contribution in [0.2, 0.25) is 0 Å². The van der Waals surface area contributed by atoms with Crippen LogP contribution in [0.5, 0.6) is 0 Å². The van der Waals surface area contributed by atoms with E-state index in [1.165, 1.54) is 0 Å². The zero-order chi connectivity index (χ0) is 10.3. The Morgan fingerprint density at radius 2 is 1.85 bits per heavy atom. The van der Waals surface area contributed by atoms with Gasteiger partial charge in [-0.25, -0.2) is 5.14 Å². The minimum absolute atomic E-state index is 0.236. The molecule has 0 saturated heterocycles. The van der Waals surface area contributed by atoms with Crippen molar-refractivity contribution in [1.82, 2.24) is 0 Å². The molecule has 2 N–H and O–H groups in total. The van der Waals surface area contributed by atoms with Crippen LogP contribution in [0.1, 0.15) is 46.0 Å². The van der Waals surface area contributed by atoms with Gasteiger partial charge < -0.3 is 0 Å². The van der Waals surface area contributed by atoms with Gasteiger partial charge in [0.25, 0.3) is 0 Å². The van der Waals surface area contributed by atoms with Crippen LogP contribution in [-0.2, 0) is 14.5 Å². The maximum absolute atomic E-state index is 10.6. The van der Waals surface area contributed by atoms with Crippen LogP contribution >= 0.6 is 0 Å². The summed E-state index contributed by atoms with van der Waals surface area (Å²) in [5.74, 6) is 0. The largest absolute Gasteiger partial charge is 0.333 e. The molecule has 0 aromatic rings. The first-order chi connectivity index (χ1) is 5.99. The molecule has 0 heterocycles. The van der Waals surface area contributed by atoms with Gasteiger partial charge in [-0.1, -0.05) is 33.1 Å². The first-order valence-corrected chi connectivity index (χ1v) is 6.17. The number of hydrogen-bond acceptors (Lipinski definition) is 3. The molecule has 0 fully saturated rings. The Morgan fingerprint density at radius 1 is 1.23 bits per heavy atom. The third-order valence-electron chi connectivity index (χ3n) is 1.76. The van der Waals surface area contributed by atoms with Gasteiger partial charge in [0, 0.05) is 0 Å². The van der Waals surface area contributed by atoms with Crippen LogP contribution in [0, 0.1) is 0 Å². The van der Waals surface area contributed by atoms with Crippen molar-refractivity contribution in [2.45, 2.75) is 52.1 Å². The van der Waals surface area contributed by atoms with Crippen molar-refractivity contribution in [3.63, 3.8) is 0 Å². The highest BCUT2D eigenvalue weighted by molar-refractivity contribution is 7.84. The Kier molecular flexibility index (Phi) is 6.28. The van der Waals surface area contributed by atoms with Crippen LogP contribution in [0.3, 0.4) is 0 Å². The van der Waals surface area contributed by atoms with E-state index < -0.39 is 10.3 Å². The number of rotatable bonds is 7. The second-order valence-corrected chi connectivity index (χ2v) is 4.32. The van der Waals surface area contributed by atoms with Crippen LogP contribution in [-0.4, -0.2) is 14.5 Å². The summed E-state index contributed by atoms with van der Waals surface area (Å²) in [6, 6.07) is 0. The van der Waals surface area contributed by atoms with E-state index in [4.69, 9.17) is 9.32 Å². The lowest BCUT2D eigenvalue weighted by Crippen LogP contribution is -2.24. The maximum atomic E-state index is 10.6. The molecule has 1 unspecified atom stereocenters. The molecule has 5 heteroatoms. The van der Waals surface area contributed by atoms with Crippen molar-refractivity contribution in [1.29, 1.82) is 0 Å². The molecule has 4 nitrogen and oxygen atoms in total.